The maximum atomic E-state index is 9.92. The minimum Gasteiger partial charge on any atom is -0.491 e. The van der Waals surface area contributed by atoms with Crippen molar-refractivity contribution < 1.29 is 19.7 Å². The normalized spacial score (nSPS) is 28.6. The lowest BCUT2D eigenvalue weighted by Crippen LogP contribution is -2.37. The molecule has 25 heavy (non-hydrogen) atoms. The first-order valence-corrected chi connectivity index (χ1v) is 8.35. The lowest BCUT2D eigenvalue weighted by atomic mass is 10.1. The fourth-order valence-corrected chi connectivity index (χ4v) is 3.07. The van der Waals surface area contributed by atoms with Gasteiger partial charge in [0.2, 0.25) is 0 Å². The molecule has 0 saturated carbocycles. The molecule has 3 heterocycles. The van der Waals surface area contributed by atoms with Gasteiger partial charge in [-0.3, -0.25) is 0 Å². The quantitative estimate of drug-likeness (QED) is 0.850. The molecule has 1 aromatic heterocycles. The lowest BCUT2D eigenvalue weighted by Gasteiger charge is -2.32. The van der Waals surface area contributed by atoms with E-state index in [1.165, 1.54) is 6.42 Å². The van der Waals surface area contributed by atoms with Crippen molar-refractivity contribution in [3.8, 4) is 11.8 Å². The number of aliphatic hydroxyl groups is 2. The number of nitriles is 1. The molecule has 2 fully saturated rings. The van der Waals surface area contributed by atoms with Gasteiger partial charge < -0.3 is 24.6 Å². The molecule has 4 rings (SSSR count). The highest BCUT2D eigenvalue weighted by molar-refractivity contribution is 5.81. The van der Waals surface area contributed by atoms with Crippen molar-refractivity contribution in [3.05, 3.63) is 30.3 Å². The second kappa shape index (κ2) is 6.48. The molecule has 4 atom stereocenters. The van der Waals surface area contributed by atoms with Crippen LogP contribution < -0.4 is 9.64 Å². The maximum Gasteiger partial charge on any atom is 0.172 e. The van der Waals surface area contributed by atoms with Crippen LogP contribution in [0.4, 0.5) is 5.82 Å². The number of nitrogens with zero attached hydrogens (tertiary/aromatic N) is 3. The van der Waals surface area contributed by atoms with Crippen LogP contribution in [-0.4, -0.2) is 59.3 Å². The first-order valence-electron chi connectivity index (χ1n) is 8.35. The van der Waals surface area contributed by atoms with Crippen molar-refractivity contribution in [3.63, 3.8) is 0 Å². The highest BCUT2D eigenvalue weighted by atomic mass is 16.6. The summed E-state index contributed by atoms with van der Waals surface area (Å²) in [6, 6.07) is 11.5. The summed E-state index contributed by atoms with van der Waals surface area (Å²) in [5.41, 5.74) is 0.838. The van der Waals surface area contributed by atoms with Crippen LogP contribution in [0.1, 0.15) is 6.42 Å². The van der Waals surface area contributed by atoms with Crippen LogP contribution in [0.2, 0.25) is 0 Å². The Labute approximate surface area is 145 Å². The molecule has 7 nitrogen and oxygen atoms in total. The van der Waals surface area contributed by atoms with Crippen LogP contribution in [0.3, 0.4) is 0 Å². The number of pyridine rings is 1. The van der Waals surface area contributed by atoms with E-state index in [2.05, 4.69) is 9.88 Å². The number of fused-ring (bicyclic) bond motifs is 1. The van der Waals surface area contributed by atoms with Crippen LogP contribution in [0.5, 0.6) is 5.75 Å². The van der Waals surface area contributed by atoms with E-state index in [4.69, 9.17) is 14.7 Å². The Morgan fingerprint density at radius 1 is 1.24 bits per heavy atom. The Bertz CT molecular complexity index is 818. The predicted molar refractivity (Wildman–Crippen MR) is 90.4 cm³/mol. The first kappa shape index (κ1) is 16.1. The van der Waals surface area contributed by atoms with Crippen molar-refractivity contribution in [2.24, 2.45) is 0 Å². The Kier molecular flexibility index (Phi) is 4.17. The third kappa shape index (κ3) is 3.00. The minimum atomic E-state index is -1.21. The van der Waals surface area contributed by atoms with Crippen molar-refractivity contribution in [2.45, 2.75) is 30.8 Å². The summed E-state index contributed by atoms with van der Waals surface area (Å²) >= 11 is 0. The zero-order valence-corrected chi connectivity index (χ0v) is 13.6. The molecule has 7 heteroatoms. The van der Waals surface area contributed by atoms with E-state index in [1.807, 2.05) is 36.4 Å². The highest BCUT2D eigenvalue weighted by Gasteiger charge is 2.43. The molecule has 0 aliphatic carbocycles. The average Bonchev–Trinajstić information content (AvgIpc) is 2.86. The van der Waals surface area contributed by atoms with Crippen molar-refractivity contribution in [2.75, 3.05) is 24.6 Å². The molecule has 2 saturated heterocycles. The fourth-order valence-electron chi connectivity index (χ4n) is 3.07. The molecule has 0 radical (unpaired) electrons. The summed E-state index contributed by atoms with van der Waals surface area (Å²) in [4.78, 5) is 6.89. The van der Waals surface area contributed by atoms with Gasteiger partial charge in [-0.1, -0.05) is 0 Å². The molecule has 2 aliphatic heterocycles. The number of benzene rings is 1. The Morgan fingerprint density at radius 3 is 2.72 bits per heavy atom. The fraction of sp³-hybridized carbons (Fsp3) is 0.444. The molecule has 1 aromatic carbocycles. The van der Waals surface area contributed by atoms with Gasteiger partial charge in [-0.05, 0) is 30.7 Å². The topological polar surface area (TPSA) is 98.8 Å². The number of rotatable bonds is 4. The van der Waals surface area contributed by atoms with Gasteiger partial charge in [-0.25, -0.2) is 4.98 Å². The van der Waals surface area contributed by atoms with E-state index in [-0.39, 0.29) is 6.61 Å². The lowest BCUT2D eigenvalue weighted by molar-refractivity contribution is -0.00501. The number of hydrogen-bond donors (Lipinski definition) is 2. The van der Waals surface area contributed by atoms with E-state index >= 15 is 0 Å². The van der Waals surface area contributed by atoms with Gasteiger partial charge in [0.25, 0.3) is 0 Å². The highest BCUT2D eigenvalue weighted by Crippen LogP contribution is 2.26. The van der Waals surface area contributed by atoms with Crippen LogP contribution in [0, 0.1) is 11.3 Å². The molecular formula is C18H19N3O4. The molecule has 0 bridgehead atoms. The molecular weight excluding hydrogens is 322 g/mol. The van der Waals surface area contributed by atoms with Gasteiger partial charge in [0, 0.05) is 24.5 Å². The number of hydrogen-bond acceptors (Lipinski definition) is 7. The average molecular weight is 341 g/mol. The summed E-state index contributed by atoms with van der Waals surface area (Å²) in [6.07, 6.45) is -2.92. The third-order valence-electron chi connectivity index (χ3n) is 4.73. The molecule has 2 aliphatic rings. The molecule has 0 spiro atoms. The zero-order chi connectivity index (χ0) is 17.4. The molecule has 2 aromatic rings. The third-order valence-corrected chi connectivity index (χ3v) is 4.73. The first-order chi connectivity index (χ1) is 12.2. The standard InChI is InChI=1S/C18H19N3O4/c19-9-14-17(22)18(23)15(25-14)10-24-12-4-2-11-3-5-16(20-13(11)8-12)21-6-1-7-21/h2-5,8,14-15,17-18,22-23H,1,6-7,10H2. The predicted octanol–water partition coefficient (Wildman–Crippen LogP) is 0.836. The molecule has 2 N–H and O–H groups in total. The van der Waals surface area contributed by atoms with E-state index < -0.39 is 24.4 Å². The molecule has 130 valence electrons. The van der Waals surface area contributed by atoms with Crippen LogP contribution in [0.25, 0.3) is 10.9 Å². The smallest absolute Gasteiger partial charge is 0.172 e. The minimum absolute atomic E-state index is 0.0493. The van der Waals surface area contributed by atoms with E-state index in [9.17, 15) is 10.2 Å². The summed E-state index contributed by atoms with van der Waals surface area (Å²) in [5.74, 6) is 1.57. The summed E-state index contributed by atoms with van der Waals surface area (Å²) in [6.45, 7) is 2.12. The second-order valence-corrected chi connectivity index (χ2v) is 6.38. The summed E-state index contributed by atoms with van der Waals surface area (Å²) in [5, 5.41) is 29.5. The number of aromatic nitrogens is 1. The second-order valence-electron chi connectivity index (χ2n) is 6.38. The van der Waals surface area contributed by atoms with Crippen LogP contribution in [0.15, 0.2) is 30.3 Å². The number of aliphatic hydroxyl groups excluding tert-OH is 2. The van der Waals surface area contributed by atoms with Crippen molar-refractivity contribution >= 4 is 16.7 Å². The molecule has 0 amide bonds. The van der Waals surface area contributed by atoms with Gasteiger partial charge >= 0.3 is 0 Å². The Hall–Kier alpha value is -2.40. The molecule has 4 unspecified atom stereocenters. The largest absolute Gasteiger partial charge is 0.491 e. The monoisotopic (exact) mass is 341 g/mol. The van der Waals surface area contributed by atoms with Gasteiger partial charge in [-0.15, -0.1) is 0 Å². The number of ether oxygens (including phenoxy) is 2. The SMILES string of the molecule is N#CC1OC(COc2ccc3ccc(N4CCC4)nc3c2)C(O)C1O. The maximum absolute atomic E-state index is 9.92. The summed E-state index contributed by atoms with van der Waals surface area (Å²) < 4.78 is 11.0. The van der Waals surface area contributed by atoms with Gasteiger partial charge in [0.15, 0.2) is 6.10 Å². The zero-order valence-electron chi connectivity index (χ0n) is 13.6. The van der Waals surface area contributed by atoms with Crippen molar-refractivity contribution in [1.29, 1.82) is 5.26 Å². The van der Waals surface area contributed by atoms with Gasteiger partial charge in [0.05, 0.1) is 11.6 Å². The van der Waals surface area contributed by atoms with Crippen LogP contribution in [-0.2, 0) is 4.74 Å². The Morgan fingerprint density at radius 2 is 2.04 bits per heavy atom. The summed E-state index contributed by atoms with van der Waals surface area (Å²) in [7, 11) is 0. The Balaban J connectivity index is 1.47. The van der Waals surface area contributed by atoms with E-state index in [1.54, 1.807) is 0 Å². The van der Waals surface area contributed by atoms with E-state index in [0.717, 1.165) is 29.8 Å². The van der Waals surface area contributed by atoms with Gasteiger partial charge in [-0.2, -0.15) is 5.26 Å². The van der Waals surface area contributed by atoms with E-state index in [0.29, 0.717) is 5.75 Å². The van der Waals surface area contributed by atoms with Crippen LogP contribution >= 0.6 is 0 Å². The van der Waals surface area contributed by atoms with Gasteiger partial charge in [0.1, 0.15) is 36.5 Å². The number of anilines is 1. The van der Waals surface area contributed by atoms with Crippen molar-refractivity contribution in [1.82, 2.24) is 4.98 Å².